The van der Waals surface area contributed by atoms with Gasteiger partial charge in [0.25, 0.3) is 11.8 Å². The topological polar surface area (TPSA) is 53.5 Å². The number of thiazole rings is 1. The van der Waals surface area contributed by atoms with Gasteiger partial charge >= 0.3 is 0 Å². The highest BCUT2D eigenvalue weighted by Gasteiger charge is 2.26. The van der Waals surface area contributed by atoms with E-state index in [-0.39, 0.29) is 17.4 Å². The predicted molar refractivity (Wildman–Crippen MR) is 121 cm³/mol. The Bertz CT molecular complexity index is 1130. The number of carbonyl (C=O) groups excluding carboxylic acids is 2. The van der Waals surface area contributed by atoms with Crippen molar-refractivity contribution in [1.29, 1.82) is 0 Å². The van der Waals surface area contributed by atoms with Crippen LogP contribution in [0.2, 0.25) is 0 Å². The summed E-state index contributed by atoms with van der Waals surface area (Å²) in [6.07, 6.45) is 0. The molecule has 0 atom stereocenters. The Balaban J connectivity index is 1.30. The number of hydrogen-bond donors (Lipinski definition) is 0. The van der Waals surface area contributed by atoms with Crippen LogP contribution in [-0.2, 0) is 5.75 Å². The second kappa shape index (κ2) is 9.79. The first kappa shape index (κ1) is 22.4. The largest absolute Gasteiger partial charge is 0.335 e. The third kappa shape index (κ3) is 5.16. The molecule has 0 radical (unpaired) electrons. The number of benzene rings is 2. The lowest BCUT2D eigenvalue weighted by Crippen LogP contribution is -2.50. The standard InChI is InChI=1S/C23H21F2N3O2S2/c1-15-13-31-23(26-15)32-14-16-2-4-17(5-3-16)21(29)27-8-10-28(11-9-27)22(30)18-6-7-19(24)20(25)12-18/h2-7,12-13H,8-11,14H2,1H3. The SMILES string of the molecule is Cc1csc(SCc2ccc(C(=O)N3CCN(C(=O)c4ccc(F)c(F)c4)CC3)cc2)n1. The molecule has 1 aliphatic rings. The number of hydrogen-bond acceptors (Lipinski definition) is 5. The van der Waals surface area contributed by atoms with Crippen molar-refractivity contribution in [3.63, 3.8) is 0 Å². The molecule has 32 heavy (non-hydrogen) atoms. The summed E-state index contributed by atoms with van der Waals surface area (Å²) in [5.74, 6) is -1.70. The molecule has 0 bridgehead atoms. The van der Waals surface area contributed by atoms with Crippen LogP contribution in [-0.4, -0.2) is 52.8 Å². The van der Waals surface area contributed by atoms with Crippen molar-refractivity contribution in [1.82, 2.24) is 14.8 Å². The second-order valence-corrected chi connectivity index (χ2v) is 9.53. The Morgan fingerprint density at radius 2 is 1.53 bits per heavy atom. The van der Waals surface area contributed by atoms with E-state index in [9.17, 15) is 18.4 Å². The maximum Gasteiger partial charge on any atom is 0.254 e. The highest BCUT2D eigenvalue weighted by molar-refractivity contribution is 8.00. The molecule has 1 aromatic heterocycles. The maximum absolute atomic E-state index is 13.4. The van der Waals surface area contributed by atoms with Crippen LogP contribution in [0.3, 0.4) is 0 Å². The molecular formula is C23H21F2N3O2S2. The van der Waals surface area contributed by atoms with Crippen LogP contribution in [0.5, 0.6) is 0 Å². The number of halogens is 2. The lowest BCUT2D eigenvalue weighted by molar-refractivity contribution is 0.0535. The number of amides is 2. The fourth-order valence-corrected chi connectivity index (χ4v) is 5.20. The van der Waals surface area contributed by atoms with Gasteiger partial charge in [-0.1, -0.05) is 23.9 Å². The molecule has 9 heteroatoms. The van der Waals surface area contributed by atoms with Crippen molar-refractivity contribution in [3.8, 4) is 0 Å². The van der Waals surface area contributed by atoms with Gasteiger partial charge in [-0.15, -0.1) is 11.3 Å². The van der Waals surface area contributed by atoms with Crippen molar-refractivity contribution in [2.75, 3.05) is 26.2 Å². The molecule has 2 aromatic carbocycles. The summed E-state index contributed by atoms with van der Waals surface area (Å²) in [7, 11) is 0. The third-order valence-electron chi connectivity index (χ3n) is 5.18. The molecule has 5 nitrogen and oxygen atoms in total. The summed E-state index contributed by atoms with van der Waals surface area (Å²) < 4.78 is 27.6. The van der Waals surface area contributed by atoms with Crippen LogP contribution >= 0.6 is 23.1 Å². The zero-order chi connectivity index (χ0) is 22.7. The first-order valence-corrected chi connectivity index (χ1v) is 11.9. The van der Waals surface area contributed by atoms with Crippen LogP contribution in [0.15, 0.2) is 52.2 Å². The summed E-state index contributed by atoms with van der Waals surface area (Å²) >= 11 is 3.30. The Morgan fingerprint density at radius 3 is 2.09 bits per heavy atom. The molecule has 1 saturated heterocycles. The van der Waals surface area contributed by atoms with Gasteiger partial charge in [0.1, 0.15) is 4.34 Å². The van der Waals surface area contributed by atoms with Gasteiger partial charge in [0.2, 0.25) is 0 Å². The van der Waals surface area contributed by atoms with Crippen LogP contribution in [0.25, 0.3) is 0 Å². The van der Waals surface area contributed by atoms with Crippen molar-refractivity contribution >= 4 is 34.9 Å². The average molecular weight is 474 g/mol. The van der Waals surface area contributed by atoms with E-state index in [1.807, 2.05) is 36.6 Å². The molecule has 0 aliphatic carbocycles. The minimum Gasteiger partial charge on any atom is -0.335 e. The van der Waals surface area contributed by atoms with E-state index >= 15 is 0 Å². The van der Waals surface area contributed by atoms with Crippen LogP contribution < -0.4 is 0 Å². The van der Waals surface area contributed by atoms with Gasteiger partial charge < -0.3 is 9.80 Å². The molecule has 2 heterocycles. The second-order valence-electron chi connectivity index (χ2n) is 7.45. The minimum absolute atomic E-state index is 0.0836. The zero-order valence-corrected chi connectivity index (χ0v) is 19.0. The number of aromatic nitrogens is 1. The molecule has 4 rings (SSSR count). The predicted octanol–water partition coefficient (Wildman–Crippen LogP) is 4.62. The van der Waals surface area contributed by atoms with E-state index in [0.29, 0.717) is 31.7 Å². The van der Waals surface area contributed by atoms with Gasteiger partial charge in [0.15, 0.2) is 11.6 Å². The van der Waals surface area contributed by atoms with Gasteiger partial charge in [0, 0.05) is 54.1 Å². The van der Waals surface area contributed by atoms with E-state index in [2.05, 4.69) is 4.98 Å². The molecule has 2 amide bonds. The minimum atomic E-state index is -1.05. The Labute approximate surface area is 193 Å². The summed E-state index contributed by atoms with van der Waals surface area (Å²) in [6, 6.07) is 10.7. The molecule has 0 saturated carbocycles. The highest BCUT2D eigenvalue weighted by atomic mass is 32.2. The van der Waals surface area contributed by atoms with Gasteiger partial charge in [-0.2, -0.15) is 0 Å². The van der Waals surface area contributed by atoms with E-state index in [1.165, 1.54) is 6.07 Å². The summed E-state index contributed by atoms with van der Waals surface area (Å²) in [6.45, 7) is 3.42. The van der Waals surface area contributed by atoms with E-state index in [1.54, 1.807) is 32.9 Å². The van der Waals surface area contributed by atoms with Crippen molar-refractivity contribution in [2.45, 2.75) is 17.0 Å². The van der Waals surface area contributed by atoms with Gasteiger partial charge in [-0.3, -0.25) is 9.59 Å². The van der Waals surface area contributed by atoms with E-state index in [0.717, 1.165) is 33.5 Å². The fraction of sp³-hybridized carbons (Fsp3) is 0.261. The quantitative estimate of drug-likeness (QED) is 0.508. The number of nitrogens with zero attached hydrogens (tertiary/aromatic N) is 3. The normalized spacial score (nSPS) is 14.0. The number of aryl methyl sites for hydroxylation is 1. The zero-order valence-electron chi connectivity index (χ0n) is 17.4. The van der Waals surface area contributed by atoms with Gasteiger partial charge in [0.05, 0.1) is 0 Å². The maximum atomic E-state index is 13.4. The number of thioether (sulfide) groups is 1. The van der Waals surface area contributed by atoms with E-state index < -0.39 is 11.6 Å². The lowest BCUT2D eigenvalue weighted by atomic mass is 10.1. The Hall–Kier alpha value is -2.78. The molecular weight excluding hydrogens is 452 g/mol. The first-order valence-electron chi connectivity index (χ1n) is 10.1. The Morgan fingerprint density at radius 1 is 0.938 bits per heavy atom. The van der Waals surface area contributed by atoms with Crippen molar-refractivity contribution in [3.05, 3.63) is 81.9 Å². The number of rotatable bonds is 5. The number of piperazine rings is 1. The summed E-state index contributed by atoms with van der Waals surface area (Å²) in [5, 5.41) is 2.02. The fourth-order valence-electron chi connectivity index (χ4n) is 3.39. The Kier molecular flexibility index (Phi) is 6.86. The monoisotopic (exact) mass is 473 g/mol. The van der Waals surface area contributed by atoms with Crippen LogP contribution in [0, 0.1) is 18.6 Å². The first-order chi connectivity index (χ1) is 15.4. The summed E-state index contributed by atoms with van der Waals surface area (Å²) in [5.41, 5.74) is 2.83. The number of carbonyl (C=O) groups is 2. The lowest BCUT2D eigenvalue weighted by Gasteiger charge is -2.35. The molecule has 1 fully saturated rings. The smallest absolute Gasteiger partial charge is 0.254 e. The third-order valence-corrected chi connectivity index (χ3v) is 7.39. The van der Waals surface area contributed by atoms with Gasteiger partial charge in [-0.05, 0) is 42.8 Å². The molecule has 3 aromatic rings. The molecule has 0 spiro atoms. The van der Waals surface area contributed by atoms with Crippen LogP contribution in [0.1, 0.15) is 32.0 Å². The van der Waals surface area contributed by atoms with Gasteiger partial charge in [-0.25, -0.2) is 13.8 Å². The summed E-state index contributed by atoms with van der Waals surface area (Å²) in [4.78, 5) is 33.1. The van der Waals surface area contributed by atoms with Crippen molar-refractivity contribution < 1.29 is 18.4 Å². The van der Waals surface area contributed by atoms with Crippen LogP contribution in [0.4, 0.5) is 8.78 Å². The highest BCUT2D eigenvalue weighted by Crippen LogP contribution is 2.26. The molecule has 0 unspecified atom stereocenters. The molecule has 1 aliphatic heterocycles. The molecule has 0 N–H and O–H groups in total. The van der Waals surface area contributed by atoms with E-state index in [4.69, 9.17) is 0 Å². The van der Waals surface area contributed by atoms with Crippen molar-refractivity contribution in [2.24, 2.45) is 0 Å². The molecule has 166 valence electrons. The average Bonchev–Trinajstić information content (AvgIpc) is 3.24.